The zero-order valence-corrected chi connectivity index (χ0v) is 12.7. The van der Waals surface area contributed by atoms with Crippen LogP contribution in [-0.2, 0) is 4.79 Å². The van der Waals surface area contributed by atoms with E-state index in [1.807, 2.05) is 4.90 Å². The van der Waals surface area contributed by atoms with E-state index in [1.54, 1.807) is 0 Å². The van der Waals surface area contributed by atoms with Gasteiger partial charge in [-0.25, -0.2) is 0 Å². The second-order valence-electron chi connectivity index (χ2n) is 2.85. The molecule has 1 heterocycles. The minimum atomic E-state index is 0. The number of nitrogens with zero attached hydrogens (tertiary/aromatic N) is 1. The molecule has 2 N–H and O–H groups in total. The van der Waals surface area contributed by atoms with E-state index >= 15 is 0 Å². The number of likely N-dealkylation sites (tertiary alicyclic amines) is 1. The second-order valence-corrected chi connectivity index (χ2v) is 2.85. The molecule has 66 valence electrons. The minimum absolute atomic E-state index is 0. The van der Waals surface area contributed by atoms with Crippen LogP contribution in [-0.4, -0.2) is 24.4 Å². The number of amides is 1. The van der Waals surface area contributed by atoms with Crippen molar-refractivity contribution < 1.29 is 63.0 Å². The predicted molar refractivity (Wildman–Crippen MR) is 43.6 cm³/mol. The van der Waals surface area contributed by atoms with Crippen LogP contribution < -0.4 is 64.1 Å². The van der Waals surface area contributed by atoms with E-state index in [2.05, 4.69) is 12.8 Å². The van der Waals surface area contributed by atoms with E-state index in [0.717, 1.165) is 19.5 Å². The van der Waals surface area contributed by atoms with E-state index in [0.29, 0.717) is 5.92 Å². The number of carbonyl (C=O) groups excluding carboxylic acids is 1. The summed E-state index contributed by atoms with van der Waals surface area (Å²) in [6.45, 7) is 4.12. The Balaban J connectivity index is 0. The fraction of sp³-hybridized carbons (Fsp3) is 0.857. The molecule has 0 aliphatic carbocycles. The molecule has 1 aliphatic heterocycles. The summed E-state index contributed by atoms with van der Waals surface area (Å²) in [5.74, 6) is 3.96. The Morgan fingerprint density at radius 3 is 2.50 bits per heavy atom. The van der Waals surface area contributed by atoms with Crippen molar-refractivity contribution in [3.63, 3.8) is 0 Å². The molecule has 1 amide bonds. The Labute approximate surface area is 122 Å². The summed E-state index contributed by atoms with van der Waals surface area (Å²) in [5.41, 5.74) is 0. The quantitative estimate of drug-likeness (QED) is 0.404. The van der Waals surface area contributed by atoms with Gasteiger partial charge in [-0.2, -0.15) is 0 Å². The summed E-state index contributed by atoms with van der Waals surface area (Å²) >= 11 is 0. The molecular formula is C7H15N2O2Rb. The molecule has 0 radical (unpaired) electrons. The van der Waals surface area contributed by atoms with Gasteiger partial charge in [0.25, 0.3) is 0 Å². The molecule has 4 nitrogen and oxygen atoms in total. The van der Waals surface area contributed by atoms with Crippen LogP contribution in [0.3, 0.4) is 0 Å². The first-order valence-corrected chi connectivity index (χ1v) is 3.76. The molecule has 1 saturated heterocycles. The Kier molecular flexibility index (Phi) is 13.4. The summed E-state index contributed by atoms with van der Waals surface area (Å²) in [6, 6.07) is 0. The smallest absolute Gasteiger partial charge is 0.790 e. The van der Waals surface area contributed by atoms with E-state index in [-0.39, 0.29) is 58.2 Å². The van der Waals surface area contributed by atoms with Crippen molar-refractivity contribution in [2.75, 3.05) is 13.1 Å². The second kappa shape index (κ2) is 10.3. The number of carbonyl (C=O) groups is 1. The number of hydrogen-bond acceptors (Lipinski definition) is 3. The van der Waals surface area contributed by atoms with Gasteiger partial charge in [-0.15, -0.1) is 0 Å². The van der Waals surface area contributed by atoms with E-state index in [9.17, 15) is 4.79 Å². The maximum Gasteiger partial charge on any atom is 1.00 e. The molecule has 1 atom stereocenters. The third-order valence-corrected chi connectivity index (χ3v) is 1.84. The zero-order valence-electron chi connectivity index (χ0n) is 7.82. The Morgan fingerprint density at radius 1 is 1.58 bits per heavy atom. The third kappa shape index (κ3) is 6.68. The van der Waals surface area contributed by atoms with Gasteiger partial charge >= 0.3 is 58.2 Å². The average Bonchev–Trinajstić information content (AvgIpc) is 2.08. The molecule has 0 saturated carbocycles. The van der Waals surface area contributed by atoms with Crippen molar-refractivity contribution in [3.8, 4) is 0 Å². The fourth-order valence-electron chi connectivity index (χ4n) is 1.32. The molecule has 5 heteroatoms. The molecule has 0 spiro atoms. The number of rotatable bonds is 1. The van der Waals surface area contributed by atoms with Gasteiger partial charge in [0.2, 0.25) is 6.41 Å². The van der Waals surface area contributed by atoms with Crippen LogP contribution in [0.5, 0.6) is 0 Å². The maximum atomic E-state index is 10.2. The Morgan fingerprint density at radius 2 is 2.17 bits per heavy atom. The van der Waals surface area contributed by atoms with Crippen molar-refractivity contribution in [1.29, 1.82) is 0 Å². The van der Waals surface area contributed by atoms with Gasteiger partial charge in [-0.3, -0.25) is 4.79 Å². The van der Waals surface area contributed by atoms with Crippen molar-refractivity contribution in [1.82, 2.24) is 4.90 Å². The van der Waals surface area contributed by atoms with Crippen molar-refractivity contribution in [2.45, 2.75) is 19.8 Å². The summed E-state index contributed by atoms with van der Waals surface area (Å²) in [7, 11) is 0. The largest absolute Gasteiger partial charge is 1.00 e. The Hall–Kier alpha value is 1.20. The van der Waals surface area contributed by atoms with Gasteiger partial charge in [0.1, 0.15) is 0 Å². The van der Waals surface area contributed by atoms with Gasteiger partial charge in [-0.05, 0) is 18.8 Å². The molecule has 12 heavy (non-hydrogen) atoms. The standard InChI is InChI=1S/C7H13NO.H2NO.Rb/c1-7-3-2-4-8(5-7)6-9;1-2;/h6-7H,2-5H2,1H3;1H2;/q;-1;+1. The van der Waals surface area contributed by atoms with Gasteiger partial charge in [0.15, 0.2) is 0 Å². The maximum absolute atomic E-state index is 10.2. The first-order chi connectivity index (χ1) is 5.33. The summed E-state index contributed by atoms with van der Waals surface area (Å²) < 4.78 is 0. The molecule has 1 fully saturated rings. The van der Waals surface area contributed by atoms with Crippen molar-refractivity contribution in [3.05, 3.63) is 5.21 Å². The van der Waals surface area contributed by atoms with Crippen molar-refractivity contribution in [2.24, 2.45) is 11.8 Å². The van der Waals surface area contributed by atoms with Crippen LogP contribution in [0.25, 0.3) is 0 Å². The average molecular weight is 245 g/mol. The molecule has 1 aliphatic rings. The monoisotopic (exact) mass is 244 g/mol. The predicted octanol–water partition coefficient (Wildman–Crippen LogP) is -2.68. The minimum Gasteiger partial charge on any atom is -0.790 e. The van der Waals surface area contributed by atoms with Crippen LogP contribution in [0.2, 0.25) is 0 Å². The van der Waals surface area contributed by atoms with E-state index < -0.39 is 0 Å². The fourth-order valence-corrected chi connectivity index (χ4v) is 1.32. The topological polar surface area (TPSA) is 69.4 Å². The zero-order chi connectivity index (χ0) is 8.69. The first kappa shape index (κ1) is 15.7. The van der Waals surface area contributed by atoms with Gasteiger partial charge in [0, 0.05) is 13.1 Å². The van der Waals surface area contributed by atoms with Crippen LogP contribution in [0.4, 0.5) is 0 Å². The normalized spacial score (nSPS) is 21.6. The van der Waals surface area contributed by atoms with Gasteiger partial charge in [-0.1, -0.05) is 6.92 Å². The van der Waals surface area contributed by atoms with Crippen LogP contribution >= 0.6 is 0 Å². The molecule has 0 bridgehead atoms. The molecule has 0 aromatic rings. The molecule has 1 rings (SSSR count). The number of nitrogens with two attached hydrogens (primary N) is 1. The molecule has 0 aromatic carbocycles. The summed E-state index contributed by atoms with van der Waals surface area (Å²) in [4.78, 5) is 12.1. The first-order valence-electron chi connectivity index (χ1n) is 3.76. The molecular weight excluding hydrogens is 230 g/mol. The van der Waals surface area contributed by atoms with Gasteiger partial charge < -0.3 is 16.0 Å². The summed E-state index contributed by atoms with van der Waals surface area (Å²) in [6.07, 6.45) is 3.42. The SMILES string of the molecule is CC1CCCN(C=O)C1.N[O-].[Rb+]. The van der Waals surface area contributed by atoms with Crippen LogP contribution in [0.1, 0.15) is 19.8 Å². The van der Waals surface area contributed by atoms with Crippen LogP contribution in [0, 0.1) is 11.1 Å². The number of hydrogen-bond donors (Lipinski definition) is 1. The Bertz CT molecular complexity index is 114. The third-order valence-electron chi connectivity index (χ3n) is 1.84. The van der Waals surface area contributed by atoms with Crippen molar-refractivity contribution >= 4 is 6.41 Å². The van der Waals surface area contributed by atoms with E-state index in [4.69, 9.17) is 5.21 Å². The number of piperidine rings is 1. The van der Waals surface area contributed by atoms with Crippen LogP contribution in [0.15, 0.2) is 0 Å². The molecule has 1 unspecified atom stereocenters. The van der Waals surface area contributed by atoms with E-state index in [1.165, 1.54) is 12.8 Å². The summed E-state index contributed by atoms with van der Waals surface area (Å²) in [5, 5.41) is 7.75. The van der Waals surface area contributed by atoms with Gasteiger partial charge in [0.05, 0.1) is 0 Å². The molecule has 0 aromatic heterocycles.